The fourth-order valence-corrected chi connectivity index (χ4v) is 9.48. The summed E-state index contributed by atoms with van der Waals surface area (Å²) in [7, 11) is -1.45. The smallest absolute Gasteiger partial charge is 0.263 e. The molecule has 2 aromatic rings. The molecule has 4 aliphatic rings. The number of allylic oxidation sites excluding steroid dienone is 1. The van der Waals surface area contributed by atoms with Crippen molar-refractivity contribution in [3.05, 3.63) is 70.3 Å². The van der Waals surface area contributed by atoms with Gasteiger partial charge in [-0.15, -0.1) is 0 Å². The Bertz CT molecular complexity index is 1540. The average molecular weight is 753 g/mol. The van der Waals surface area contributed by atoms with Crippen molar-refractivity contribution in [1.29, 1.82) is 0 Å². The van der Waals surface area contributed by atoms with Crippen molar-refractivity contribution in [2.75, 3.05) is 70.5 Å². The predicted molar refractivity (Wildman–Crippen MR) is 214 cm³/mol. The van der Waals surface area contributed by atoms with E-state index in [1.165, 1.54) is 49.9 Å². The largest absolute Gasteiger partial charge is 0.491 e. The molecule has 2 aromatic carbocycles. The maximum atomic E-state index is 13.3. The van der Waals surface area contributed by atoms with Crippen molar-refractivity contribution in [2.24, 2.45) is 17.8 Å². The number of piperidine rings is 1. The molecule has 6 rings (SSSR count). The molecule has 52 heavy (non-hydrogen) atoms. The molecule has 5 unspecified atom stereocenters. The summed E-state index contributed by atoms with van der Waals surface area (Å²) in [6, 6.07) is 12.7. The number of aryl methyl sites for hydroxylation is 1. The van der Waals surface area contributed by atoms with Gasteiger partial charge in [0.15, 0.2) is 0 Å². The number of fused-ring (bicyclic) bond motifs is 1. The van der Waals surface area contributed by atoms with Crippen LogP contribution in [0.15, 0.2) is 48.6 Å². The SMILES string of the molecule is CC/C=C/C(CN1CCC(N2CCOCC2)CC1)C1CCC1CN1CC(c2ccc(Cl)cc2CCC)COc2ccc(C(=O)NS(=O)C(C)C)cc21. The van der Waals surface area contributed by atoms with Gasteiger partial charge in [0.1, 0.15) is 16.7 Å². The lowest BCUT2D eigenvalue weighted by atomic mass is 9.66. The summed E-state index contributed by atoms with van der Waals surface area (Å²) in [4.78, 5) is 21.2. The molecule has 0 bridgehead atoms. The lowest BCUT2D eigenvalue weighted by Crippen LogP contribution is -2.50. The number of nitrogens with one attached hydrogen (secondary N) is 1. The van der Waals surface area contributed by atoms with E-state index in [9.17, 15) is 9.00 Å². The number of nitrogens with zero attached hydrogens (tertiary/aromatic N) is 3. The van der Waals surface area contributed by atoms with Gasteiger partial charge in [-0.25, -0.2) is 4.21 Å². The van der Waals surface area contributed by atoms with Crippen LogP contribution >= 0.6 is 11.6 Å². The number of hydrogen-bond donors (Lipinski definition) is 1. The van der Waals surface area contributed by atoms with Gasteiger partial charge in [0.25, 0.3) is 5.91 Å². The van der Waals surface area contributed by atoms with Crippen molar-refractivity contribution in [2.45, 2.75) is 89.9 Å². The molecule has 1 N–H and O–H groups in total. The van der Waals surface area contributed by atoms with E-state index in [1.807, 2.05) is 32.0 Å². The number of halogens is 1. The van der Waals surface area contributed by atoms with Crippen LogP contribution in [0.4, 0.5) is 5.69 Å². The first-order valence-corrected chi connectivity index (χ1v) is 21.6. The van der Waals surface area contributed by atoms with Crippen LogP contribution in [0.3, 0.4) is 0 Å². The molecule has 5 atom stereocenters. The Kier molecular flexibility index (Phi) is 14.2. The number of ether oxygens (including phenoxy) is 2. The number of carbonyl (C=O) groups is 1. The molecule has 2 saturated heterocycles. The van der Waals surface area contributed by atoms with Crippen molar-refractivity contribution in [3.8, 4) is 5.75 Å². The van der Waals surface area contributed by atoms with Crippen LogP contribution in [0, 0.1) is 17.8 Å². The van der Waals surface area contributed by atoms with E-state index >= 15 is 0 Å². The van der Waals surface area contributed by atoms with Crippen LogP contribution in [0.1, 0.15) is 93.6 Å². The summed E-state index contributed by atoms with van der Waals surface area (Å²) in [5.41, 5.74) is 4.04. The van der Waals surface area contributed by atoms with Crippen molar-refractivity contribution in [1.82, 2.24) is 14.5 Å². The normalized spacial score (nSPS) is 24.6. The first-order chi connectivity index (χ1) is 25.2. The van der Waals surface area contributed by atoms with E-state index in [0.717, 1.165) is 81.7 Å². The topological polar surface area (TPSA) is 74.3 Å². The summed E-state index contributed by atoms with van der Waals surface area (Å²) >= 11 is 6.50. The van der Waals surface area contributed by atoms with Crippen molar-refractivity contribution >= 4 is 34.2 Å². The first kappa shape index (κ1) is 39.3. The second-order valence-corrected chi connectivity index (χ2v) is 17.8. The minimum atomic E-state index is -1.45. The van der Waals surface area contributed by atoms with E-state index in [-0.39, 0.29) is 17.1 Å². The van der Waals surface area contributed by atoms with Gasteiger partial charge < -0.3 is 19.3 Å². The molecule has 0 radical (unpaired) electrons. The van der Waals surface area contributed by atoms with Crippen LogP contribution in [-0.2, 0) is 22.1 Å². The van der Waals surface area contributed by atoms with Gasteiger partial charge in [-0.05, 0) is 125 Å². The number of anilines is 1. The molecule has 1 aliphatic carbocycles. The Morgan fingerprint density at radius 3 is 2.52 bits per heavy atom. The molecule has 1 amide bonds. The maximum absolute atomic E-state index is 13.3. The molecule has 0 spiro atoms. The fraction of sp³-hybridized carbons (Fsp3) is 0.643. The van der Waals surface area contributed by atoms with Gasteiger partial charge in [0.2, 0.25) is 0 Å². The van der Waals surface area contributed by atoms with E-state index in [4.69, 9.17) is 21.1 Å². The Hall–Kier alpha value is -2.43. The number of amides is 1. The van der Waals surface area contributed by atoms with Crippen LogP contribution < -0.4 is 14.4 Å². The molecule has 286 valence electrons. The molecule has 3 fully saturated rings. The number of rotatable bonds is 14. The highest BCUT2D eigenvalue weighted by atomic mass is 35.5. The van der Waals surface area contributed by atoms with Crippen LogP contribution in [-0.4, -0.2) is 96.8 Å². The third kappa shape index (κ3) is 9.81. The second-order valence-electron chi connectivity index (χ2n) is 15.6. The minimum Gasteiger partial charge on any atom is -0.491 e. The van der Waals surface area contributed by atoms with Gasteiger partial charge in [0, 0.05) is 60.5 Å². The number of carbonyl (C=O) groups excluding carboxylic acids is 1. The quantitative estimate of drug-likeness (QED) is 0.201. The van der Waals surface area contributed by atoms with E-state index in [2.05, 4.69) is 57.6 Å². The lowest BCUT2D eigenvalue weighted by molar-refractivity contribution is -0.00212. The Balaban J connectivity index is 1.22. The molecule has 10 heteroatoms. The highest BCUT2D eigenvalue weighted by Gasteiger charge is 2.39. The number of likely N-dealkylation sites (tertiary alicyclic amines) is 1. The van der Waals surface area contributed by atoms with E-state index < -0.39 is 11.0 Å². The summed E-state index contributed by atoms with van der Waals surface area (Å²) in [5, 5.41) is 0.605. The molecule has 1 saturated carbocycles. The van der Waals surface area contributed by atoms with Gasteiger partial charge in [-0.2, -0.15) is 0 Å². The molecular weight excluding hydrogens is 692 g/mol. The minimum absolute atomic E-state index is 0.152. The monoisotopic (exact) mass is 752 g/mol. The second kappa shape index (κ2) is 18.7. The number of hydrogen-bond acceptors (Lipinski definition) is 7. The van der Waals surface area contributed by atoms with Gasteiger partial charge in [0.05, 0.1) is 25.5 Å². The van der Waals surface area contributed by atoms with Crippen molar-refractivity contribution < 1.29 is 18.5 Å². The lowest BCUT2D eigenvalue weighted by Gasteiger charge is -2.46. The maximum Gasteiger partial charge on any atom is 0.263 e. The zero-order chi connectivity index (χ0) is 36.6. The Morgan fingerprint density at radius 1 is 1.04 bits per heavy atom. The molecule has 3 heterocycles. The highest BCUT2D eigenvalue weighted by molar-refractivity contribution is 7.84. The zero-order valence-corrected chi connectivity index (χ0v) is 33.4. The third-order valence-corrected chi connectivity index (χ3v) is 13.3. The van der Waals surface area contributed by atoms with Gasteiger partial charge in [-0.1, -0.05) is 50.1 Å². The van der Waals surface area contributed by atoms with Crippen LogP contribution in [0.5, 0.6) is 5.75 Å². The summed E-state index contributed by atoms with van der Waals surface area (Å²) < 4.78 is 27.5. The average Bonchev–Trinajstić information content (AvgIpc) is 3.32. The van der Waals surface area contributed by atoms with Gasteiger partial charge >= 0.3 is 0 Å². The third-order valence-electron chi connectivity index (χ3n) is 11.8. The van der Waals surface area contributed by atoms with Crippen molar-refractivity contribution in [3.63, 3.8) is 0 Å². The summed E-state index contributed by atoms with van der Waals surface area (Å²) in [6.45, 7) is 17.7. The molecule has 3 aliphatic heterocycles. The molecule has 0 aromatic heterocycles. The Labute approximate surface area is 320 Å². The highest BCUT2D eigenvalue weighted by Crippen LogP contribution is 2.44. The number of benzene rings is 2. The summed E-state index contributed by atoms with van der Waals surface area (Å²) in [6.07, 6.45) is 12.9. The zero-order valence-electron chi connectivity index (χ0n) is 31.9. The van der Waals surface area contributed by atoms with E-state index in [1.54, 1.807) is 6.07 Å². The standard InChI is InChI=1S/C42H61ClN4O4S/c1-5-7-9-33(26-45-18-16-37(17-19-45)46-20-22-50-23-21-46)39-13-10-34(39)27-47-28-35(38-14-12-36(43)24-31(38)8-6-2)29-51-41-15-11-32(25-40(41)47)42(48)44-52(49)30(3)4/h7,9,11-12,14-15,24-25,30,33-35,37,39H,5-6,8,10,13,16-23,26-29H2,1-4H3,(H,44,48)/b9-7+. The molecule has 8 nitrogen and oxygen atoms in total. The fourth-order valence-electron chi connectivity index (χ4n) is 8.75. The number of morpholine rings is 1. The van der Waals surface area contributed by atoms with E-state index in [0.29, 0.717) is 36.0 Å². The van der Waals surface area contributed by atoms with Gasteiger partial charge in [-0.3, -0.25) is 14.4 Å². The van der Waals surface area contributed by atoms with Crippen LogP contribution in [0.25, 0.3) is 0 Å². The predicted octanol–water partition coefficient (Wildman–Crippen LogP) is 7.48. The van der Waals surface area contributed by atoms with Crippen LogP contribution in [0.2, 0.25) is 5.02 Å². The summed E-state index contributed by atoms with van der Waals surface area (Å²) in [5.74, 6) is 2.30. The molecular formula is C42H61ClN4O4S. The first-order valence-electron chi connectivity index (χ1n) is 20.0. The Morgan fingerprint density at radius 2 is 1.83 bits per heavy atom.